The number of likely N-dealkylation sites (N-methyl/N-ethyl adjacent to an activating group) is 1. The standard InChI is InChI=1S/C24H28N2O4/c1-3-4-13-25-22(27)12-11-21(24(29)30)26(2)23(28)17-9-10-20-18(15-17)14-16-7-5-6-8-19(16)20/h5-10,15,21H,3-4,11-14H2,1-2H3,(H,25,27)(H,29,30)/t21-/m0/s1. The number of rotatable bonds is 9. The summed E-state index contributed by atoms with van der Waals surface area (Å²) in [4.78, 5) is 37.9. The second-order valence-electron chi connectivity index (χ2n) is 7.72. The zero-order valence-corrected chi connectivity index (χ0v) is 17.5. The van der Waals surface area contributed by atoms with Crippen molar-refractivity contribution < 1.29 is 19.5 Å². The minimum Gasteiger partial charge on any atom is -0.480 e. The van der Waals surface area contributed by atoms with Crippen LogP contribution in [0.2, 0.25) is 0 Å². The second kappa shape index (κ2) is 9.57. The van der Waals surface area contributed by atoms with Crippen molar-refractivity contribution in [3.63, 3.8) is 0 Å². The summed E-state index contributed by atoms with van der Waals surface area (Å²) in [5.41, 5.74) is 5.05. The molecule has 0 aliphatic heterocycles. The van der Waals surface area contributed by atoms with Gasteiger partial charge in [0.25, 0.3) is 5.91 Å². The zero-order valence-electron chi connectivity index (χ0n) is 17.5. The van der Waals surface area contributed by atoms with Gasteiger partial charge in [-0.15, -0.1) is 0 Å². The summed E-state index contributed by atoms with van der Waals surface area (Å²) < 4.78 is 0. The quantitative estimate of drug-likeness (QED) is 0.531. The first-order valence-corrected chi connectivity index (χ1v) is 10.4. The first kappa shape index (κ1) is 21.6. The summed E-state index contributed by atoms with van der Waals surface area (Å²) in [5, 5.41) is 12.4. The summed E-state index contributed by atoms with van der Waals surface area (Å²) in [7, 11) is 1.48. The van der Waals surface area contributed by atoms with Crippen LogP contribution >= 0.6 is 0 Å². The monoisotopic (exact) mass is 408 g/mol. The van der Waals surface area contributed by atoms with Crippen molar-refractivity contribution in [2.45, 2.75) is 45.1 Å². The molecule has 0 unspecified atom stereocenters. The largest absolute Gasteiger partial charge is 0.480 e. The van der Waals surface area contributed by atoms with Gasteiger partial charge in [-0.3, -0.25) is 9.59 Å². The van der Waals surface area contributed by atoms with Crippen molar-refractivity contribution in [1.29, 1.82) is 0 Å². The molecule has 2 N–H and O–H groups in total. The lowest BCUT2D eigenvalue weighted by Crippen LogP contribution is -2.43. The third-order valence-corrected chi connectivity index (χ3v) is 5.61. The average molecular weight is 408 g/mol. The van der Waals surface area contributed by atoms with Crippen molar-refractivity contribution in [3.8, 4) is 11.1 Å². The molecule has 0 spiro atoms. The Hall–Kier alpha value is -3.15. The van der Waals surface area contributed by atoms with Crippen LogP contribution in [0.15, 0.2) is 42.5 Å². The number of unbranched alkanes of at least 4 members (excludes halogenated alkanes) is 1. The highest BCUT2D eigenvalue weighted by atomic mass is 16.4. The molecule has 0 radical (unpaired) electrons. The molecular weight excluding hydrogens is 380 g/mol. The van der Waals surface area contributed by atoms with Gasteiger partial charge in [0.05, 0.1) is 0 Å². The normalized spacial score (nSPS) is 12.6. The van der Waals surface area contributed by atoms with Crippen LogP contribution in [0.3, 0.4) is 0 Å². The number of carbonyl (C=O) groups excluding carboxylic acids is 2. The van der Waals surface area contributed by atoms with E-state index in [-0.39, 0.29) is 24.7 Å². The van der Waals surface area contributed by atoms with Crippen molar-refractivity contribution >= 4 is 17.8 Å². The molecule has 2 aromatic carbocycles. The van der Waals surface area contributed by atoms with Gasteiger partial charge in [0.1, 0.15) is 6.04 Å². The number of nitrogens with one attached hydrogen (secondary N) is 1. The maximum atomic E-state index is 13.0. The van der Waals surface area contributed by atoms with E-state index in [9.17, 15) is 19.5 Å². The Bertz CT molecular complexity index is 954. The molecule has 0 saturated carbocycles. The Morgan fingerprint density at radius 1 is 1.10 bits per heavy atom. The topological polar surface area (TPSA) is 86.7 Å². The molecule has 0 bridgehead atoms. The van der Waals surface area contributed by atoms with Gasteiger partial charge in [0.15, 0.2) is 0 Å². The highest BCUT2D eigenvalue weighted by Crippen LogP contribution is 2.36. The van der Waals surface area contributed by atoms with E-state index in [1.165, 1.54) is 23.1 Å². The average Bonchev–Trinajstić information content (AvgIpc) is 3.11. The third kappa shape index (κ3) is 4.70. The smallest absolute Gasteiger partial charge is 0.326 e. The lowest BCUT2D eigenvalue weighted by molar-refractivity contribution is -0.142. The summed E-state index contributed by atoms with van der Waals surface area (Å²) in [6.45, 7) is 2.62. The van der Waals surface area contributed by atoms with Gasteiger partial charge in [-0.25, -0.2) is 4.79 Å². The molecule has 0 aromatic heterocycles. The Balaban J connectivity index is 1.68. The fourth-order valence-corrected chi connectivity index (χ4v) is 3.87. The fraction of sp³-hybridized carbons (Fsp3) is 0.375. The van der Waals surface area contributed by atoms with Gasteiger partial charge in [-0.05, 0) is 53.6 Å². The molecule has 3 rings (SSSR count). The molecule has 6 heteroatoms. The molecule has 2 amide bonds. The van der Waals surface area contributed by atoms with E-state index in [0.717, 1.165) is 30.4 Å². The predicted octanol–water partition coefficient (Wildman–Crippen LogP) is 3.48. The first-order valence-electron chi connectivity index (χ1n) is 10.4. The number of aliphatic carboxylic acids is 1. The van der Waals surface area contributed by atoms with Gasteiger partial charge in [0.2, 0.25) is 5.91 Å². The summed E-state index contributed by atoms with van der Waals surface area (Å²) >= 11 is 0. The van der Waals surface area contributed by atoms with Gasteiger partial charge in [-0.2, -0.15) is 0 Å². The second-order valence-corrected chi connectivity index (χ2v) is 7.72. The fourth-order valence-electron chi connectivity index (χ4n) is 3.87. The van der Waals surface area contributed by atoms with Crippen molar-refractivity contribution in [1.82, 2.24) is 10.2 Å². The number of benzene rings is 2. The number of carboxylic acids is 1. The van der Waals surface area contributed by atoms with E-state index < -0.39 is 12.0 Å². The van der Waals surface area contributed by atoms with Crippen molar-refractivity contribution in [2.75, 3.05) is 13.6 Å². The van der Waals surface area contributed by atoms with Gasteiger partial charge < -0.3 is 15.3 Å². The predicted molar refractivity (Wildman–Crippen MR) is 115 cm³/mol. The van der Waals surface area contributed by atoms with Crippen LogP contribution in [-0.4, -0.2) is 47.4 Å². The molecule has 0 saturated heterocycles. The molecule has 158 valence electrons. The van der Waals surface area contributed by atoms with E-state index in [0.29, 0.717) is 12.1 Å². The SMILES string of the molecule is CCCCNC(=O)CC[C@@H](C(=O)O)N(C)C(=O)c1ccc2c(c1)Cc1ccccc1-2. The van der Waals surface area contributed by atoms with Crippen LogP contribution in [0.4, 0.5) is 0 Å². The molecule has 30 heavy (non-hydrogen) atoms. The molecule has 1 aliphatic rings. The molecule has 1 aliphatic carbocycles. The van der Waals surface area contributed by atoms with E-state index in [4.69, 9.17) is 0 Å². The third-order valence-electron chi connectivity index (χ3n) is 5.61. The Kier molecular flexibility index (Phi) is 6.87. The minimum absolute atomic E-state index is 0.0673. The number of nitrogens with zero attached hydrogens (tertiary/aromatic N) is 1. The molecule has 6 nitrogen and oxygen atoms in total. The molecular formula is C24H28N2O4. The van der Waals surface area contributed by atoms with Crippen LogP contribution in [-0.2, 0) is 16.0 Å². The van der Waals surface area contributed by atoms with Gasteiger partial charge in [-0.1, -0.05) is 43.7 Å². The summed E-state index contributed by atoms with van der Waals surface area (Å²) in [6.07, 6.45) is 2.76. The molecule has 1 atom stereocenters. The maximum Gasteiger partial charge on any atom is 0.326 e. The Morgan fingerprint density at radius 2 is 1.83 bits per heavy atom. The van der Waals surface area contributed by atoms with Crippen LogP contribution in [0, 0.1) is 0 Å². The number of carbonyl (C=O) groups is 3. The number of hydrogen-bond acceptors (Lipinski definition) is 3. The minimum atomic E-state index is -1.11. The molecule has 0 fully saturated rings. The number of carboxylic acid groups (broad SMARTS) is 1. The van der Waals surface area contributed by atoms with E-state index in [2.05, 4.69) is 17.4 Å². The van der Waals surface area contributed by atoms with Crippen LogP contribution in [0.1, 0.15) is 54.1 Å². The zero-order chi connectivity index (χ0) is 21.7. The lowest BCUT2D eigenvalue weighted by atomic mass is 10.0. The maximum absolute atomic E-state index is 13.0. The van der Waals surface area contributed by atoms with Crippen LogP contribution in [0.5, 0.6) is 0 Å². The van der Waals surface area contributed by atoms with Crippen molar-refractivity contribution in [2.24, 2.45) is 0 Å². The number of amides is 2. The van der Waals surface area contributed by atoms with E-state index >= 15 is 0 Å². The molecule has 2 aromatic rings. The Morgan fingerprint density at radius 3 is 2.57 bits per heavy atom. The van der Waals surface area contributed by atoms with Gasteiger partial charge >= 0.3 is 5.97 Å². The lowest BCUT2D eigenvalue weighted by Gasteiger charge is -2.25. The number of hydrogen-bond donors (Lipinski definition) is 2. The van der Waals surface area contributed by atoms with Crippen LogP contribution in [0.25, 0.3) is 11.1 Å². The first-order chi connectivity index (χ1) is 14.4. The van der Waals surface area contributed by atoms with E-state index in [1.54, 1.807) is 6.07 Å². The molecule has 0 heterocycles. The van der Waals surface area contributed by atoms with Crippen molar-refractivity contribution in [3.05, 3.63) is 59.2 Å². The van der Waals surface area contributed by atoms with Gasteiger partial charge in [0, 0.05) is 25.6 Å². The summed E-state index contributed by atoms with van der Waals surface area (Å²) in [5.74, 6) is -1.65. The summed E-state index contributed by atoms with van der Waals surface area (Å²) in [6, 6.07) is 12.6. The van der Waals surface area contributed by atoms with Crippen LogP contribution < -0.4 is 5.32 Å². The highest BCUT2D eigenvalue weighted by Gasteiger charge is 2.29. The Labute approximate surface area is 176 Å². The number of fused-ring (bicyclic) bond motifs is 3. The van der Waals surface area contributed by atoms with E-state index in [1.807, 2.05) is 31.2 Å². The highest BCUT2D eigenvalue weighted by molar-refractivity contribution is 5.97.